The molecule has 1 fully saturated rings. The van der Waals surface area contributed by atoms with Crippen molar-refractivity contribution in [3.05, 3.63) is 76.2 Å². The minimum atomic E-state index is -0.245. The number of fused-ring (bicyclic) bond motifs is 3. The SMILES string of the molecule is Cl.Cl.O=C(OCC1c2ccccc2-c2ccccc21)N1CCNC(c2nccs2)C1. The third-order valence-electron chi connectivity index (χ3n) is 5.52. The van der Waals surface area contributed by atoms with E-state index >= 15 is 0 Å². The first-order valence-electron chi connectivity index (χ1n) is 9.54. The average molecular weight is 464 g/mol. The van der Waals surface area contributed by atoms with Crippen LogP contribution in [0, 0.1) is 0 Å². The molecule has 8 heteroatoms. The number of thiazole rings is 1. The van der Waals surface area contributed by atoms with Gasteiger partial charge in [0.15, 0.2) is 0 Å². The second kappa shape index (κ2) is 9.79. The molecule has 0 radical (unpaired) electrons. The summed E-state index contributed by atoms with van der Waals surface area (Å²) in [6, 6.07) is 16.9. The molecule has 1 aliphatic carbocycles. The standard InChI is InChI=1S/C22H21N3O2S.2ClH/c26-22(25-11-9-23-20(13-25)21-24-10-12-28-21)27-14-19-17-7-3-1-5-15(17)16-6-2-4-8-18(16)19;;/h1-8,10,12,19-20,23H,9,11,13-14H2;2*1H. The lowest BCUT2D eigenvalue weighted by molar-refractivity contribution is 0.0883. The van der Waals surface area contributed by atoms with Crippen LogP contribution in [0.3, 0.4) is 0 Å². The summed E-state index contributed by atoms with van der Waals surface area (Å²) in [7, 11) is 0. The average Bonchev–Trinajstić information content (AvgIpc) is 3.39. The number of ether oxygens (including phenoxy) is 1. The Bertz CT molecular complexity index is 954. The van der Waals surface area contributed by atoms with E-state index in [9.17, 15) is 4.79 Å². The number of nitrogens with zero attached hydrogens (tertiary/aromatic N) is 2. The molecule has 0 spiro atoms. The van der Waals surface area contributed by atoms with Crippen molar-refractivity contribution < 1.29 is 9.53 Å². The molecule has 3 aromatic rings. The van der Waals surface area contributed by atoms with Gasteiger partial charge in [-0.2, -0.15) is 0 Å². The number of hydrogen-bond acceptors (Lipinski definition) is 5. The molecule has 1 amide bonds. The largest absolute Gasteiger partial charge is 0.448 e. The lowest BCUT2D eigenvalue weighted by atomic mass is 9.98. The summed E-state index contributed by atoms with van der Waals surface area (Å²) in [5, 5.41) is 6.40. The molecule has 0 bridgehead atoms. The Morgan fingerprint density at radius 3 is 2.40 bits per heavy atom. The van der Waals surface area contributed by atoms with E-state index in [4.69, 9.17) is 4.74 Å². The molecule has 0 saturated carbocycles. The summed E-state index contributed by atoms with van der Waals surface area (Å²) in [4.78, 5) is 18.9. The molecule has 2 heterocycles. The molecular formula is C22H23Cl2N3O2S. The molecule has 1 aliphatic heterocycles. The van der Waals surface area contributed by atoms with E-state index in [1.54, 1.807) is 22.4 Å². The van der Waals surface area contributed by atoms with Gasteiger partial charge < -0.3 is 15.0 Å². The topological polar surface area (TPSA) is 54.5 Å². The highest BCUT2D eigenvalue weighted by Gasteiger charge is 2.31. The lowest BCUT2D eigenvalue weighted by Crippen LogP contribution is -2.48. The van der Waals surface area contributed by atoms with Crippen LogP contribution in [0.1, 0.15) is 28.1 Å². The number of halogens is 2. The van der Waals surface area contributed by atoms with Gasteiger partial charge in [-0.3, -0.25) is 0 Å². The smallest absolute Gasteiger partial charge is 0.409 e. The predicted octanol–water partition coefficient (Wildman–Crippen LogP) is 4.88. The van der Waals surface area contributed by atoms with Gasteiger partial charge in [0.2, 0.25) is 0 Å². The van der Waals surface area contributed by atoms with Crippen LogP contribution >= 0.6 is 36.2 Å². The number of amides is 1. The molecule has 1 aromatic heterocycles. The van der Waals surface area contributed by atoms with Gasteiger partial charge in [0, 0.05) is 37.1 Å². The fourth-order valence-corrected chi connectivity index (χ4v) is 4.88. The van der Waals surface area contributed by atoms with Gasteiger partial charge in [-0.05, 0) is 22.3 Å². The van der Waals surface area contributed by atoms with E-state index in [1.165, 1.54) is 22.3 Å². The Morgan fingerprint density at radius 2 is 1.77 bits per heavy atom. The van der Waals surface area contributed by atoms with Crippen molar-refractivity contribution in [2.75, 3.05) is 26.2 Å². The third kappa shape index (κ3) is 4.18. The first-order valence-corrected chi connectivity index (χ1v) is 10.4. The van der Waals surface area contributed by atoms with Gasteiger partial charge in [0.1, 0.15) is 11.6 Å². The molecule has 5 nitrogen and oxygen atoms in total. The van der Waals surface area contributed by atoms with E-state index in [-0.39, 0.29) is 42.9 Å². The number of carbonyl (C=O) groups excluding carboxylic acids is 1. The van der Waals surface area contributed by atoms with Crippen molar-refractivity contribution in [2.45, 2.75) is 12.0 Å². The van der Waals surface area contributed by atoms with E-state index in [1.807, 2.05) is 5.38 Å². The van der Waals surface area contributed by atoms with Crippen molar-refractivity contribution >= 4 is 42.2 Å². The van der Waals surface area contributed by atoms with E-state index in [0.29, 0.717) is 19.7 Å². The van der Waals surface area contributed by atoms with Gasteiger partial charge in [0.05, 0.1) is 6.04 Å². The van der Waals surface area contributed by atoms with Crippen LogP contribution in [0.2, 0.25) is 0 Å². The van der Waals surface area contributed by atoms with Crippen LogP contribution in [-0.4, -0.2) is 42.2 Å². The number of aromatic nitrogens is 1. The molecule has 2 aromatic carbocycles. The molecular weight excluding hydrogens is 441 g/mol. The summed E-state index contributed by atoms with van der Waals surface area (Å²) in [6.45, 7) is 2.34. The molecule has 2 aliphatic rings. The van der Waals surface area contributed by atoms with Gasteiger partial charge in [0.25, 0.3) is 0 Å². The quantitative estimate of drug-likeness (QED) is 0.600. The van der Waals surface area contributed by atoms with Crippen molar-refractivity contribution in [2.24, 2.45) is 0 Å². The summed E-state index contributed by atoms with van der Waals surface area (Å²) >= 11 is 1.61. The van der Waals surface area contributed by atoms with Gasteiger partial charge >= 0.3 is 6.09 Å². The molecule has 1 N–H and O–H groups in total. The van der Waals surface area contributed by atoms with Crippen molar-refractivity contribution in [3.8, 4) is 11.1 Å². The highest BCUT2D eigenvalue weighted by molar-refractivity contribution is 7.09. The lowest BCUT2D eigenvalue weighted by Gasteiger charge is -2.32. The van der Waals surface area contributed by atoms with Crippen LogP contribution < -0.4 is 5.32 Å². The molecule has 1 saturated heterocycles. The summed E-state index contributed by atoms with van der Waals surface area (Å²) < 4.78 is 5.79. The Labute approximate surface area is 192 Å². The molecule has 1 unspecified atom stereocenters. The van der Waals surface area contributed by atoms with Gasteiger partial charge in [-0.1, -0.05) is 48.5 Å². The van der Waals surface area contributed by atoms with E-state index in [2.05, 4.69) is 58.8 Å². The molecule has 5 rings (SSSR count). The first-order chi connectivity index (χ1) is 13.8. The number of hydrogen-bond donors (Lipinski definition) is 1. The Balaban J connectivity index is 0.00000128. The molecule has 30 heavy (non-hydrogen) atoms. The van der Waals surface area contributed by atoms with Crippen molar-refractivity contribution in [1.29, 1.82) is 0 Å². The summed E-state index contributed by atoms with van der Waals surface area (Å²) in [5.41, 5.74) is 4.95. The second-order valence-corrected chi connectivity index (χ2v) is 8.05. The summed E-state index contributed by atoms with van der Waals surface area (Å²) in [6.07, 6.45) is 1.55. The Kier molecular flexibility index (Phi) is 7.36. The zero-order chi connectivity index (χ0) is 18.9. The fraction of sp³-hybridized carbons (Fsp3) is 0.273. The Morgan fingerprint density at radius 1 is 1.10 bits per heavy atom. The predicted molar refractivity (Wildman–Crippen MR) is 124 cm³/mol. The number of nitrogens with one attached hydrogen (secondary N) is 1. The number of rotatable bonds is 3. The zero-order valence-electron chi connectivity index (χ0n) is 16.2. The van der Waals surface area contributed by atoms with Crippen LogP contribution in [0.4, 0.5) is 4.79 Å². The molecule has 1 atom stereocenters. The molecule has 158 valence electrons. The number of piperazine rings is 1. The first kappa shape index (κ1) is 22.6. The maximum absolute atomic E-state index is 12.8. The summed E-state index contributed by atoms with van der Waals surface area (Å²) in [5.74, 6) is 0.0917. The van der Waals surface area contributed by atoms with Gasteiger partial charge in [-0.25, -0.2) is 9.78 Å². The van der Waals surface area contributed by atoms with E-state index in [0.717, 1.165) is 11.6 Å². The van der Waals surface area contributed by atoms with Crippen LogP contribution in [0.25, 0.3) is 11.1 Å². The monoisotopic (exact) mass is 463 g/mol. The van der Waals surface area contributed by atoms with Crippen LogP contribution in [0.15, 0.2) is 60.1 Å². The van der Waals surface area contributed by atoms with Crippen molar-refractivity contribution in [3.63, 3.8) is 0 Å². The maximum atomic E-state index is 12.8. The Hall–Kier alpha value is -2.12. The zero-order valence-corrected chi connectivity index (χ0v) is 18.6. The minimum absolute atomic E-state index is 0. The normalized spacial score (nSPS) is 17.3. The number of carbonyl (C=O) groups is 1. The second-order valence-electron chi connectivity index (χ2n) is 7.13. The van der Waals surface area contributed by atoms with Crippen LogP contribution in [0.5, 0.6) is 0 Å². The maximum Gasteiger partial charge on any atom is 0.409 e. The highest BCUT2D eigenvalue weighted by atomic mass is 35.5. The van der Waals surface area contributed by atoms with Crippen LogP contribution in [-0.2, 0) is 4.74 Å². The van der Waals surface area contributed by atoms with Gasteiger partial charge in [-0.15, -0.1) is 36.2 Å². The number of benzene rings is 2. The van der Waals surface area contributed by atoms with Crippen molar-refractivity contribution in [1.82, 2.24) is 15.2 Å². The third-order valence-corrected chi connectivity index (χ3v) is 6.41. The highest BCUT2D eigenvalue weighted by Crippen LogP contribution is 2.44. The van der Waals surface area contributed by atoms with E-state index < -0.39 is 0 Å². The minimum Gasteiger partial charge on any atom is -0.448 e. The fourth-order valence-electron chi connectivity index (χ4n) is 4.17.